The van der Waals surface area contributed by atoms with Gasteiger partial charge in [0.25, 0.3) is 0 Å². The zero-order valence-corrected chi connectivity index (χ0v) is 11.6. The minimum atomic E-state index is -0.988. The molecule has 2 N–H and O–H groups in total. The van der Waals surface area contributed by atoms with Crippen molar-refractivity contribution in [2.24, 2.45) is 0 Å². The zero-order chi connectivity index (χ0) is 15.0. The number of rotatable bonds is 1. The molecule has 0 saturated carbocycles. The Labute approximate surface area is 122 Å². The number of carbonyl (C=O) groups is 2. The predicted molar refractivity (Wildman–Crippen MR) is 74.7 cm³/mol. The van der Waals surface area contributed by atoms with Gasteiger partial charge in [-0.05, 0) is 17.5 Å². The standard InChI is InChI=1S/C15H18N2O4/c18-12-5-6-16(9-12)15(21)17-8-11-4-2-1-3-10(11)7-13(17)14(19)20/h1-4,12-13,18H,5-9H2,(H,19,20)/t12?,13-/m0/s1. The van der Waals surface area contributed by atoms with Crippen molar-refractivity contribution in [2.75, 3.05) is 13.1 Å². The number of β-amino-alcohol motifs (C(OH)–C–C–N with tert-alkyl or cyclic N) is 1. The van der Waals surface area contributed by atoms with E-state index in [0.717, 1.165) is 11.1 Å². The van der Waals surface area contributed by atoms with Crippen LogP contribution in [0.2, 0.25) is 0 Å². The summed E-state index contributed by atoms with van der Waals surface area (Å²) in [5.74, 6) is -0.988. The number of likely N-dealkylation sites (tertiary alicyclic amines) is 1. The van der Waals surface area contributed by atoms with Crippen LogP contribution in [-0.4, -0.2) is 57.2 Å². The third-order valence-electron chi connectivity index (χ3n) is 4.21. The highest BCUT2D eigenvalue weighted by molar-refractivity contribution is 5.83. The van der Waals surface area contributed by atoms with Gasteiger partial charge in [-0.3, -0.25) is 0 Å². The van der Waals surface area contributed by atoms with E-state index in [2.05, 4.69) is 0 Å². The number of benzene rings is 1. The van der Waals surface area contributed by atoms with Crippen LogP contribution in [0.25, 0.3) is 0 Å². The lowest BCUT2D eigenvalue weighted by Crippen LogP contribution is -2.53. The number of amides is 2. The van der Waals surface area contributed by atoms with Crippen molar-refractivity contribution < 1.29 is 19.8 Å². The van der Waals surface area contributed by atoms with E-state index < -0.39 is 18.1 Å². The number of carboxylic acids is 1. The number of hydrogen-bond acceptors (Lipinski definition) is 3. The highest BCUT2D eigenvalue weighted by Crippen LogP contribution is 2.25. The molecule has 2 amide bonds. The van der Waals surface area contributed by atoms with Crippen LogP contribution in [0, 0.1) is 0 Å². The molecule has 21 heavy (non-hydrogen) atoms. The summed E-state index contributed by atoms with van der Waals surface area (Å²) in [5.41, 5.74) is 1.97. The van der Waals surface area contributed by atoms with Gasteiger partial charge in [-0.25, -0.2) is 9.59 Å². The van der Waals surface area contributed by atoms with E-state index in [1.165, 1.54) is 9.80 Å². The predicted octanol–water partition coefficient (Wildman–Crippen LogP) is 0.685. The molecule has 0 aliphatic carbocycles. The first-order valence-electron chi connectivity index (χ1n) is 7.09. The van der Waals surface area contributed by atoms with E-state index in [-0.39, 0.29) is 12.6 Å². The van der Waals surface area contributed by atoms with Gasteiger partial charge in [0.05, 0.1) is 6.10 Å². The SMILES string of the molecule is O=C(O)[C@@H]1Cc2ccccc2CN1C(=O)N1CCC(O)C1. The second-order valence-electron chi connectivity index (χ2n) is 5.63. The molecule has 2 aliphatic rings. The van der Waals surface area contributed by atoms with Gasteiger partial charge in [-0.2, -0.15) is 0 Å². The molecule has 0 radical (unpaired) electrons. The average molecular weight is 290 g/mol. The van der Waals surface area contributed by atoms with Gasteiger partial charge in [-0.15, -0.1) is 0 Å². The molecule has 2 heterocycles. The van der Waals surface area contributed by atoms with Gasteiger partial charge < -0.3 is 20.0 Å². The molecule has 6 heteroatoms. The molecule has 2 atom stereocenters. The second-order valence-corrected chi connectivity index (χ2v) is 5.63. The summed E-state index contributed by atoms with van der Waals surface area (Å²) in [5, 5.41) is 19.0. The molecular formula is C15H18N2O4. The molecule has 0 bridgehead atoms. The molecule has 1 unspecified atom stereocenters. The van der Waals surface area contributed by atoms with E-state index in [4.69, 9.17) is 0 Å². The van der Waals surface area contributed by atoms with Crippen molar-refractivity contribution in [2.45, 2.75) is 31.5 Å². The monoisotopic (exact) mass is 290 g/mol. The molecular weight excluding hydrogens is 272 g/mol. The fourth-order valence-corrected chi connectivity index (χ4v) is 3.04. The van der Waals surface area contributed by atoms with Crippen molar-refractivity contribution >= 4 is 12.0 Å². The van der Waals surface area contributed by atoms with E-state index >= 15 is 0 Å². The lowest BCUT2D eigenvalue weighted by molar-refractivity contribution is -0.142. The lowest BCUT2D eigenvalue weighted by Gasteiger charge is -2.36. The molecule has 1 fully saturated rings. The fraction of sp³-hybridized carbons (Fsp3) is 0.467. The number of carboxylic acid groups (broad SMARTS) is 1. The summed E-state index contributed by atoms with van der Waals surface area (Å²) in [6, 6.07) is 6.46. The fourth-order valence-electron chi connectivity index (χ4n) is 3.04. The smallest absolute Gasteiger partial charge is 0.326 e. The number of nitrogens with zero attached hydrogens (tertiary/aromatic N) is 2. The normalized spacial score (nSPS) is 24.8. The third-order valence-corrected chi connectivity index (χ3v) is 4.21. The molecule has 6 nitrogen and oxygen atoms in total. The zero-order valence-electron chi connectivity index (χ0n) is 11.6. The van der Waals surface area contributed by atoms with Crippen LogP contribution in [-0.2, 0) is 17.8 Å². The van der Waals surface area contributed by atoms with Crippen LogP contribution >= 0.6 is 0 Å². The maximum Gasteiger partial charge on any atom is 0.326 e. The summed E-state index contributed by atoms with van der Waals surface area (Å²) >= 11 is 0. The average Bonchev–Trinajstić information content (AvgIpc) is 2.91. The van der Waals surface area contributed by atoms with Crippen molar-refractivity contribution in [3.63, 3.8) is 0 Å². The summed E-state index contributed by atoms with van der Waals surface area (Å²) < 4.78 is 0. The quantitative estimate of drug-likeness (QED) is 0.797. The van der Waals surface area contributed by atoms with E-state index in [9.17, 15) is 19.8 Å². The Hall–Kier alpha value is -2.08. The summed E-state index contributed by atoms with van der Waals surface area (Å²) in [6.07, 6.45) is 0.371. The second kappa shape index (κ2) is 5.37. The minimum Gasteiger partial charge on any atom is -0.480 e. The highest BCUT2D eigenvalue weighted by atomic mass is 16.4. The Morgan fingerprint density at radius 1 is 1.19 bits per heavy atom. The summed E-state index contributed by atoms with van der Waals surface area (Å²) in [7, 11) is 0. The third kappa shape index (κ3) is 2.58. The Kier molecular flexibility index (Phi) is 3.55. The number of carbonyl (C=O) groups excluding carboxylic acids is 1. The molecule has 112 valence electrons. The molecule has 0 spiro atoms. The van der Waals surface area contributed by atoms with Crippen molar-refractivity contribution in [1.82, 2.24) is 9.80 Å². The number of fused-ring (bicyclic) bond motifs is 1. The van der Waals surface area contributed by atoms with Gasteiger partial charge in [0.2, 0.25) is 0 Å². The maximum atomic E-state index is 12.5. The lowest BCUT2D eigenvalue weighted by atomic mass is 9.94. The van der Waals surface area contributed by atoms with Crippen LogP contribution in [0.3, 0.4) is 0 Å². The molecule has 3 rings (SSSR count). The number of aliphatic hydroxyl groups is 1. The van der Waals surface area contributed by atoms with Gasteiger partial charge in [0, 0.05) is 26.1 Å². The summed E-state index contributed by atoms with van der Waals surface area (Å²) in [6.45, 7) is 1.06. The number of aliphatic hydroxyl groups excluding tert-OH is 1. The van der Waals surface area contributed by atoms with Gasteiger partial charge in [-0.1, -0.05) is 24.3 Å². The van der Waals surface area contributed by atoms with Gasteiger partial charge >= 0.3 is 12.0 Å². The molecule has 1 aromatic rings. The van der Waals surface area contributed by atoms with Crippen molar-refractivity contribution in [1.29, 1.82) is 0 Å². The Morgan fingerprint density at radius 3 is 2.52 bits per heavy atom. The van der Waals surface area contributed by atoms with Gasteiger partial charge in [0.1, 0.15) is 6.04 Å². The van der Waals surface area contributed by atoms with Crippen molar-refractivity contribution in [3.8, 4) is 0 Å². The first-order valence-corrected chi connectivity index (χ1v) is 7.09. The molecule has 2 aliphatic heterocycles. The van der Waals surface area contributed by atoms with Crippen LogP contribution in [0.4, 0.5) is 4.79 Å². The van der Waals surface area contributed by atoms with Crippen LogP contribution in [0.5, 0.6) is 0 Å². The minimum absolute atomic E-state index is 0.281. The van der Waals surface area contributed by atoms with Crippen LogP contribution < -0.4 is 0 Å². The van der Waals surface area contributed by atoms with Crippen molar-refractivity contribution in [3.05, 3.63) is 35.4 Å². The van der Waals surface area contributed by atoms with E-state index in [1.807, 2.05) is 24.3 Å². The Balaban J connectivity index is 1.85. The first kappa shape index (κ1) is 13.9. The van der Waals surface area contributed by atoms with E-state index in [0.29, 0.717) is 25.9 Å². The van der Waals surface area contributed by atoms with Crippen LogP contribution in [0.1, 0.15) is 17.5 Å². The van der Waals surface area contributed by atoms with Crippen LogP contribution in [0.15, 0.2) is 24.3 Å². The summed E-state index contributed by atoms with van der Waals surface area (Å²) in [4.78, 5) is 27.0. The number of urea groups is 1. The topological polar surface area (TPSA) is 81.1 Å². The van der Waals surface area contributed by atoms with E-state index in [1.54, 1.807) is 0 Å². The maximum absolute atomic E-state index is 12.5. The highest BCUT2D eigenvalue weighted by Gasteiger charge is 2.38. The Bertz CT molecular complexity index is 575. The number of hydrogen-bond donors (Lipinski definition) is 2. The Morgan fingerprint density at radius 2 is 1.90 bits per heavy atom. The molecule has 0 aromatic heterocycles. The molecule has 1 aromatic carbocycles. The largest absolute Gasteiger partial charge is 0.480 e. The van der Waals surface area contributed by atoms with Gasteiger partial charge in [0.15, 0.2) is 0 Å². The number of aliphatic carboxylic acids is 1. The first-order chi connectivity index (χ1) is 10.1. The molecule has 1 saturated heterocycles.